The molecule has 2 nitrogen and oxygen atoms in total. The Morgan fingerprint density at radius 2 is 1.32 bits per heavy atom. The van der Waals surface area contributed by atoms with Gasteiger partial charge in [-0.15, -0.1) is 0 Å². The first-order valence-electron chi connectivity index (χ1n) is 9.69. The molecule has 1 aliphatic rings. The van der Waals surface area contributed by atoms with Crippen LogP contribution in [0, 0.1) is 0 Å². The fourth-order valence-electron chi connectivity index (χ4n) is 4.10. The topological polar surface area (TPSA) is 23.5 Å². The molecule has 0 heterocycles. The van der Waals surface area contributed by atoms with Gasteiger partial charge in [-0.05, 0) is 37.3 Å². The predicted octanol–water partition coefficient (Wildman–Crippen LogP) is 5.16. The molecule has 1 fully saturated rings. The molecule has 0 aromatic heterocycles. The van der Waals surface area contributed by atoms with Gasteiger partial charge in [0.25, 0.3) is 0 Å². The van der Waals surface area contributed by atoms with Crippen molar-refractivity contribution in [3.8, 4) is 0 Å². The van der Waals surface area contributed by atoms with Crippen molar-refractivity contribution in [3.63, 3.8) is 0 Å². The first-order chi connectivity index (χ1) is 12.1. The first kappa shape index (κ1) is 18.2. The van der Waals surface area contributed by atoms with E-state index in [1.54, 1.807) is 0 Å². The number of aliphatic hydroxyl groups is 1. The van der Waals surface area contributed by atoms with Gasteiger partial charge in [-0.25, -0.2) is 0 Å². The van der Waals surface area contributed by atoms with Crippen molar-refractivity contribution in [1.82, 2.24) is 4.90 Å². The SMILES string of the molecule is C[C@H](CC1(O)CCCCC1)N(Cc1ccccc1)Cc1ccccc1. The molecule has 1 atom stereocenters. The lowest BCUT2D eigenvalue weighted by Gasteiger charge is -2.38. The van der Waals surface area contributed by atoms with E-state index in [-0.39, 0.29) is 0 Å². The fraction of sp³-hybridized carbons (Fsp3) is 0.478. The van der Waals surface area contributed by atoms with Gasteiger partial charge < -0.3 is 5.11 Å². The van der Waals surface area contributed by atoms with Gasteiger partial charge in [0, 0.05) is 19.1 Å². The van der Waals surface area contributed by atoms with Crippen LogP contribution < -0.4 is 0 Å². The van der Waals surface area contributed by atoms with Crippen LogP contribution >= 0.6 is 0 Å². The minimum atomic E-state index is -0.469. The lowest BCUT2D eigenvalue weighted by atomic mass is 9.80. The number of benzene rings is 2. The zero-order valence-corrected chi connectivity index (χ0v) is 15.4. The lowest BCUT2D eigenvalue weighted by molar-refractivity contribution is -0.0270. The van der Waals surface area contributed by atoms with E-state index >= 15 is 0 Å². The second-order valence-electron chi connectivity index (χ2n) is 7.71. The molecule has 1 N–H and O–H groups in total. The Morgan fingerprint density at radius 1 is 0.840 bits per heavy atom. The number of hydrogen-bond donors (Lipinski definition) is 1. The second-order valence-corrected chi connectivity index (χ2v) is 7.71. The average Bonchev–Trinajstić information content (AvgIpc) is 2.63. The molecule has 0 saturated heterocycles. The summed E-state index contributed by atoms with van der Waals surface area (Å²) in [7, 11) is 0. The number of nitrogens with zero attached hydrogens (tertiary/aromatic N) is 1. The summed E-state index contributed by atoms with van der Waals surface area (Å²) in [5.74, 6) is 0. The Bertz CT molecular complexity index is 578. The van der Waals surface area contributed by atoms with Gasteiger partial charge in [-0.1, -0.05) is 79.9 Å². The van der Waals surface area contributed by atoms with E-state index in [9.17, 15) is 5.11 Å². The molecular weight excluding hydrogens is 306 g/mol. The van der Waals surface area contributed by atoms with Crippen LogP contribution in [0.4, 0.5) is 0 Å². The molecule has 0 spiro atoms. The Kier molecular flexibility index (Phi) is 6.28. The van der Waals surface area contributed by atoms with Gasteiger partial charge in [-0.3, -0.25) is 4.90 Å². The zero-order valence-electron chi connectivity index (χ0n) is 15.4. The summed E-state index contributed by atoms with van der Waals surface area (Å²) < 4.78 is 0. The van der Waals surface area contributed by atoms with E-state index < -0.39 is 5.60 Å². The van der Waals surface area contributed by atoms with Crippen LogP contribution in [0.5, 0.6) is 0 Å². The van der Waals surface area contributed by atoms with E-state index in [2.05, 4.69) is 72.5 Å². The standard InChI is InChI=1S/C23H31NO/c1-20(17-23(25)15-9-4-10-16-23)24(18-21-11-5-2-6-12-21)19-22-13-7-3-8-14-22/h2-3,5-8,11-14,20,25H,4,9-10,15-19H2,1H3/t20-/m1/s1. The molecule has 134 valence electrons. The molecule has 0 bridgehead atoms. The highest BCUT2D eigenvalue weighted by atomic mass is 16.3. The molecule has 0 radical (unpaired) electrons. The molecule has 1 saturated carbocycles. The average molecular weight is 338 g/mol. The van der Waals surface area contributed by atoms with Crippen LogP contribution in [-0.4, -0.2) is 21.6 Å². The molecule has 0 amide bonds. The van der Waals surface area contributed by atoms with Crippen molar-refractivity contribution in [2.75, 3.05) is 0 Å². The number of rotatable bonds is 7. The molecule has 0 aliphatic heterocycles. The quantitative estimate of drug-likeness (QED) is 0.754. The Hall–Kier alpha value is -1.64. The van der Waals surface area contributed by atoms with Crippen molar-refractivity contribution < 1.29 is 5.11 Å². The molecular formula is C23H31NO. The fourth-order valence-corrected chi connectivity index (χ4v) is 4.10. The van der Waals surface area contributed by atoms with Gasteiger partial charge >= 0.3 is 0 Å². The molecule has 2 aromatic carbocycles. The Labute approximate surface area is 152 Å². The molecule has 0 unspecified atom stereocenters. The van der Waals surface area contributed by atoms with Crippen LogP contribution in [0.3, 0.4) is 0 Å². The third-order valence-electron chi connectivity index (χ3n) is 5.54. The summed E-state index contributed by atoms with van der Waals surface area (Å²) in [6.45, 7) is 4.12. The van der Waals surface area contributed by atoms with E-state index in [0.717, 1.165) is 32.4 Å². The van der Waals surface area contributed by atoms with Gasteiger partial charge in [0.2, 0.25) is 0 Å². The maximum Gasteiger partial charge on any atom is 0.0662 e. The molecule has 2 heteroatoms. The molecule has 25 heavy (non-hydrogen) atoms. The zero-order chi connectivity index (χ0) is 17.5. The maximum absolute atomic E-state index is 11.0. The van der Waals surface area contributed by atoms with E-state index in [1.165, 1.54) is 30.4 Å². The summed E-state index contributed by atoms with van der Waals surface area (Å²) in [6.07, 6.45) is 6.39. The smallest absolute Gasteiger partial charge is 0.0662 e. The summed E-state index contributed by atoms with van der Waals surface area (Å²) in [4.78, 5) is 2.51. The van der Waals surface area contributed by atoms with Crippen LogP contribution in [0.1, 0.15) is 56.6 Å². The normalized spacial score (nSPS) is 18.2. The van der Waals surface area contributed by atoms with Crippen LogP contribution in [0.25, 0.3) is 0 Å². The lowest BCUT2D eigenvalue weighted by Crippen LogP contribution is -2.41. The van der Waals surface area contributed by atoms with Gasteiger partial charge in [0.05, 0.1) is 5.60 Å². The largest absolute Gasteiger partial charge is 0.390 e. The van der Waals surface area contributed by atoms with E-state index in [4.69, 9.17) is 0 Å². The highest BCUT2D eigenvalue weighted by molar-refractivity contribution is 5.17. The van der Waals surface area contributed by atoms with Crippen molar-refractivity contribution in [3.05, 3.63) is 71.8 Å². The molecule has 3 rings (SSSR count). The van der Waals surface area contributed by atoms with Gasteiger partial charge in [0.1, 0.15) is 0 Å². The van der Waals surface area contributed by atoms with Crippen molar-refractivity contribution in [2.45, 2.75) is 70.2 Å². The molecule has 1 aliphatic carbocycles. The van der Waals surface area contributed by atoms with Gasteiger partial charge in [-0.2, -0.15) is 0 Å². The monoisotopic (exact) mass is 337 g/mol. The van der Waals surface area contributed by atoms with E-state index in [1.807, 2.05) is 0 Å². The maximum atomic E-state index is 11.0. The third-order valence-corrected chi connectivity index (χ3v) is 5.54. The first-order valence-corrected chi connectivity index (χ1v) is 9.69. The summed E-state index contributed by atoms with van der Waals surface area (Å²) in [5, 5.41) is 11.0. The second kappa shape index (κ2) is 8.64. The minimum Gasteiger partial charge on any atom is -0.390 e. The van der Waals surface area contributed by atoms with Crippen LogP contribution in [0.15, 0.2) is 60.7 Å². The highest BCUT2D eigenvalue weighted by Crippen LogP contribution is 2.33. The van der Waals surface area contributed by atoms with Crippen LogP contribution in [0.2, 0.25) is 0 Å². The highest BCUT2D eigenvalue weighted by Gasteiger charge is 2.32. The van der Waals surface area contributed by atoms with Crippen molar-refractivity contribution in [2.24, 2.45) is 0 Å². The Morgan fingerprint density at radius 3 is 1.80 bits per heavy atom. The number of hydrogen-bond acceptors (Lipinski definition) is 2. The molecule has 2 aromatic rings. The van der Waals surface area contributed by atoms with Crippen LogP contribution in [-0.2, 0) is 13.1 Å². The van der Waals surface area contributed by atoms with E-state index in [0.29, 0.717) is 6.04 Å². The van der Waals surface area contributed by atoms with Crippen molar-refractivity contribution >= 4 is 0 Å². The van der Waals surface area contributed by atoms with Gasteiger partial charge in [0.15, 0.2) is 0 Å². The summed E-state index contributed by atoms with van der Waals surface area (Å²) in [5.41, 5.74) is 2.20. The summed E-state index contributed by atoms with van der Waals surface area (Å²) >= 11 is 0. The Balaban J connectivity index is 1.72. The third kappa shape index (κ3) is 5.42. The minimum absolute atomic E-state index is 0.350. The summed E-state index contributed by atoms with van der Waals surface area (Å²) in [6, 6.07) is 21.7. The van der Waals surface area contributed by atoms with Crippen molar-refractivity contribution in [1.29, 1.82) is 0 Å². The predicted molar refractivity (Wildman–Crippen MR) is 104 cm³/mol.